The molecule has 2 fully saturated rings. The Bertz CT molecular complexity index is 794. The highest BCUT2D eigenvalue weighted by molar-refractivity contribution is 7.18. The van der Waals surface area contributed by atoms with Gasteiger partial charge in [-0.05, 0) is 55.2 Å². The molecule has 4 heteroatoms. The van der Waals surface area contributed by atoms with E-state index in [2.05, 4.69) is 30.7 Å². The van der Waals surface area contributed by atoms with Crippen molar-refractivity contribution in [3.63, 3.8) is 0 Å². The number of rotatable bonds is 1. The van der Waals surface area contributed by atoms with Crippen molar-refractivity contribution in [2.75, 3.05) is 6.54 Å². The Morgan fingerprint density at radius 1 is 1.30 bits per heavy atom. The first-order chi connectivity index (χ1) is 10.7. The summed E-state index contributed by atoms with van der Waals surface area (Å²) in [5.74, 6) is 0.198. The molecule has 2 aliphatic rings. The number of benzene rings is 1. The number of nitrogens with zero attached hydrogens (tertiary/aromatic N) is 2. The Kier molecular flexibility index (Phi) is 3.15. The molecule has 0 N–H and O–H groups in total. The molecule has 2 bridgehead atoms. The van der Waals surface area contributed by atoms with E-state index < -0.39 is 0 Å². The number of likely N-dealkylation sites (tertiary alicyclic amines) is 1. The number of aromatic nitrogens is 1. The Hall–Kier alpha value is -1.42. The highest BCUT2D eigenvalue weighted by Gasteiger charge is 2.51. The summed E-state index contributed by atoms with van der Waals surface area (Å²) in [6, 6.07) is 6.35. The van der Waals surface area contributed by atoms with Crippen molar-refractivity contribution in [3.8, 4) is 0 Å². The second-order valence-corrected chi connectivity index (χ2v) is 9.80. The number of carbonyl (C=O) groups excluding carboxylic acids is 1. The molecular weight excluding hydrogens is 304 g/mol. The molecule has 1 amide bonds. The lowest BCUT2D eigenvalue weighted by Gasteiger charge is -2.39. The van der Waals surface area contributed by atoms with E-state index in [0.717, 1.165) is 40.2 Å². The summed E-state index contributed by atoms with van der Waals surface area (Å²) in [5, 5.41) is 1.05. The zero-order valence-electron chi connectivity index (χ0n) is 14.3. The molecule has 4 rings (SSSR count). The number of thiazole rings is 1. The van der Waals surface area contributed by atoms with Crippen LogP contribution in [0.1, 0.15) is 55.4 Å². The fraction of sp³-hybridized carbons (Fsp3) is 0.579. The molecular formula is C19H24N2OS. The minimum atomic E-state index is 0.198. The van der Waals surface area contributed by atoms with Crippen LogP contribution in [0, 0.1) is 17.8 Å². The summed E-state index contributed by atoms with van der Waals surface area (Å²) >= 11 is 1.66. The lowest BCUT2D eigenvalue weighted by Crippen LogP contribution is -2.37. The number of hydrogen-bond donors (Lipinski definition) is 0. The molecule has 2 aromatic rings. The van der Waals surface area contributed by atoms with Crippen LogP contribution in [-0.2, 0) is 0 Å². The first kappa shape index (κ1) is 15.1. The molecule has 1 aliphatic carbocycles. The minimum absolute atomic E-state index is 0.198. The van der Waals surface area contributed by atoms with Crippen molar-refractivity contribution >= 4 is 27.5 Å². The van der Waals surface area contributed by atoms with E-state index in [-0.39, 0.29) is 11.3 Å². The van der Waals surface area contributed by atoms with Gasteiger partial charge in [0.15, 0.2) is 0 Å². The van der Waals surface area contributed by atoms with Gasteiger partial charge < -0.3 is 4.90 Å². The summed E-state index contributed by atoms with van der Waals surface area (Å²) in [7, 11) is 0. The topological polar surface area (TPSA) is 33.2 Å². The van der Waals surface area contributed by atoms with Crippen LogP contribution in [0.15, 0.2) is 18.2 Å². The predicted octanol–water partition coefficient (Wildman–Crippen LogP) is 4.65. The van der Waals surface area contributed by atoms with Gasteiger partial charge in [-0.2, -0.15) is 0 Å². The third kappa shape index (κ3) is 2.57. The van der Waals surface area contributed by atoms with Crippen LogP contribution >= 0.6 is 11.3 Å². The van der Waals surface area contributed by atoms with Gasteiger partial charge in [-0.25, -0.2) is 4.98 Å². The smallest absolute Gasteiger partial charge is 0.254 e. The molecule has 1 aromatic heterocycles. The Morgan fingerprint density at radius 3 is 2.87 bits per heavy atom. The highest BCUT2D eigenvalue weighted by Crippen LogP contribution is 2.52. The largest absolute Gasteiger partial charge is 0.335 e. The number of hydrogen-bond acceptors (Lipinski definition) is 3. The lowest BCUT2D eigenvalue weighted by molar-refractivity contribution is 0.0708. The van der Waals surface area contributed by atoms with Gasteiger partial charge in [0.25, 0.3) is 5.91 Å². The van der Waals surface area contributed by atoms with Crippen LogP contribution < -0.4 is 0 Å². The minimum Gasteiger partial charge on any atom is -0.335 e. The van der Waals surface area contributed by atoms with Crippen LogP contribution in [-0.4, -0.2) is 28.4 Å². The fourth-order valence-electron chi connectivity index (χ4n) is 5.04. The molecule has 2 unspecified atom stereocenters. The molecule has 1 aliphatic heterocycles. The van der Waals surface area contributed by atoms with Crippen LogP contribution in [0.5, 0.6) is 0 Å². The van der Waals surface area contributed by atoms with Gasteiger partial charge in [-0.1, -0.05) is 20.8 Å². The second-order valence-electron chi connectivity index (χ2n) is 8.56. The summed E-state index contributed by atoms with van der Waals surface area (Å²) in [5.41, 5.74) is 2.44. The van der Waals surface area contributed by atoms with Crippen molar-refractivity contribution in [2.24, 2.45) is 10.8 Å². The third-order valence-corrected chi connectivity index (χ3v) is 6.35. The molecule has 3 nitrogen and oxygen atoms in total. The van der Waals surface area contributed by atoms with Gasteiger partial charge in [-0.3, -0.25) is 4.79 Å². The molecule has 2 heterocycles. The molecule has 23 heavy (non-hydrogen) atoms. The molecule has 122 valence electrons. The maximum Gasteiger partial charge on any atom is 0.254 e. The quantitative estimate of drug-likeness (QED) is 0.763. The van der Waals surface area contributed by atoms with Gasteiger partial charge in [0.1, 0.15) is 0 Å². The zero-order valence-corrected chi connectivity index (χ0v) is 15.2. The normalized spacial score (nSPS) is 29.2. The first-order valence-corrected chi connectivity index (χ1v) is 9.25. The second kappa shape index (κ2) is 4.79. The van der Waals surface area contributed by atoms with E-state index >= 15 is 0 Å². The fourth-order valence-corrected chi connectivity index (χ4v) is 5.90. The van der Waals surface area contributed by atoms with E-state index in [9.17, 15) is 4.79 Å². The van der Waals surface area contributed by atoms with E-state index in [0.29, 0.717) is 11.5 Å². The average Bonchev–Trinajstić information content (AvgIpc) is 2.92. The Labute approximate surface area is 141 Å². The van der Waals surface area contributed by atoms with E-state index in [1.807, 2.05) is 25.1 Å². The van der Waals surface area contributed by atoms with Crippen molar-refractivity contribution < 1.29 is 4.79 Å². The van der Waals surface area contributed by atoms with Crippen LogP contribution in [0.25, 0.3) is 10.2 Å². The standard InChI is InChI=1S/C19H24N2OS/c1-12-20-15-6-5-13(7-16(15)23-12)17(22)21-11-19(4)9-14(21)8-18(2,3)10-19/h5-7,14H,8-11H2,1-4H3. The van der Waals surface area contributed by atoms with E-state index in [1.165, 1.54) is 6.42 Å². The monoisotopic (exact) mass is 328 g/mol. The van der Waals surface area contributed by atoms with E-state index in [1.54, 1.807) is 11.3 Å². The van der Waals surface area contributed by atoms with Crippen molar-refractivity contribution in [1.29, 1.82) is 0 Å². The molecule has 0 radical (unpaired) electrons. The maximum atomic E-state index is 13.1. The van der Waals surface area contributed by atoms with Crippen LogP contribution in [0.2, 0.25) is 0 Å². The van der Waals surface area contributed by atoms with Gasteiger partial charge in [0.2, 0.25) is 0 Å². The number of carbonyl (C=O) groups is 1. The summed E-state index contributed by atoms with van der Waals surface area (Å²) in [6.07, 6.45) is 3.49. The van der Waals surface area contributed by atoms with Gasteiger partial charge in [0.05, 0.1) is 15.2 Å². The predicted molar refractivity (Wildman–Crippen MR) is 94.9 cm³/mol. The summed E-state index contributed by atoms with van der Waals surface area (Å²) in [6.45, 7) is 9.96. The molecule has 1 aromatic carbocycles. The van der Waals surface area contributed by atoms with Gasteiger partial charge in [-0.15, -0.1) is 11.3 Å². The van der Waals surface area contributed by atoms with Crippen LogP contribution in [0.3, 0.4) is 0 Å². The molecule has 0 spiro atoms. The van der Waals surface area contributed by atoms with Crippen molar-refractivity contribution in [2.45, 2.75) is 53.0 Å². The van der Waals surface area contributed by atoms with Gasteiger partial charge in [0, 0.05) is 18.2 Å². The Balaban J connectivity index is 1.66. The van der Waals surface area contributed by atoms with E-state index in [4.69, 9.17) is 0 Å². The average molecular weight is 328 g/mol. The first-order valence-electron chi connectivity index (χ1n) is 8.43. The molecule has 1 saturated carbocycles. The molecule has 2 atom stereocenters. The van der Waals surface area contributed by atoms with Crippen LogP contribution in [0.4, 0.5) is 0 Å². The lowest BCUT2D eigenvalue weighted by atomic mass is 9.65. The highest BCUT2D eigenvalue weighted by atomic mass is 32.1. The van der Waals surface area contributed by atoms with Gasteiger partial charge >= 0.3 is 0 Å². The molecule has 1 saturated heterocycles. The summed E-state index contributed by atoms with van der Waals surface area (Å²) < 4.78 is 1.11. The summed E-state index contributed by atoms with van der Waals surface area (Å²) in [4.78, 5) is 19.7. The number of aryl methyl sites for hydroxylation is 1. The third-order valence-electron chi connectivity index (χ3n) is 5.42. The zero-order chi connectivity index (χ0) is 16.4. The van der Waals surface area contributed by atoms with Crippen molar-refractivity contribution in [3.05, 3.63) is 28.8 Å². The number of amides is 1. The Morgan fingerprint density at radius 2 is 2.09 bits per heavy atom. The number of fused-ring (bicyclic) bond motifs is 3. The SMILES string of the molecule is Cc1nc2ccc(C(=O)N3CC4(C)CC3CC(C)(C)C4)cc2s1. The maximum absolute atomic E-state index is 13.1. The van der Waals surface area contributed by atoms with Crippen molar-refractivity contribution in [1.82, 2.24) is 9.88 Å².